The van der Waals surface area contributed by atoms with Crippen molar-refractivity contribution in [2.75, 3.05) is 6.54 Å². The fourth-order valence-electron chi connectivity index (χ4n) is 1.31. The van der Waals surface area contributed by atoms with Gasteiger partial charge in [0.05, 0.1) is 0 Å². The topological polar surface area (TPSA) is 26.0 Å². The Morgan fingerprint density at radius 3 is 2.80 bits per heavy atom. The molecular formula is C9H17N. The van der Waals surface area contributed by atoms with Crippen molar-refractivity contribution in [2.24, 2.45) is 11.1 Å². The van der Waals surface area contributed by atoms with E-state index < -0.39 is 0 Å². The Labute approximate surface area is 63.3 Å². The van der Waals surface area contributed by atoms with Crippen LogP contribution in [0.1, 0.15) is 33.1 Å². The number of rotatable bonds is 1. The largest absolute Gasteiger partial charge is 0.330 e. The standard InChI is InChI=1S/C9H17N/c1-8-3-5-9(2,7-10)6-4-8/h3H,4-7,10H2,1-2H3. The van der Waals surface area contributed by atoms with E-state index in [0.29, 0.717) is 5.41 Å². The maximum absolute atomic E-state index is 5.65. The van der Waals surface area contributed by atoms with E-state index in [2.05, 4.69) is 19.9 Å². The Morgan fingerprint density at radius 2 is 2.40 bits per heavy atom. The number of allylic oxidation sites excluding steroid dienone is 2. The molecule has 58 valence electrons. The summed E-state index contributed by atoms with van der Waals surface area (Å²) in [5, 5.41) is 0. The molecule has 0 aromatic rings. The summed E-state index contributed by atoms with van der Waals surface area (Å²) in [6.07, 6.45) is 6.02. The lowest BCUT2D eigenvalue weighted by molar-refractivity contribution is 0.299. The minimum atomic E-state index is 0.402. The first-order valence-corrected chi connectivity index (χ1v) is 4.02. The van der Waals surface area contributed by atoms with Gasteiger partial charge in [-0.15, -0.1) is 0 Å². The van der Waals surface area contributed by atoms with Crippen LogP contribution in [-0.4, -0.2) is 6.54 Å². The van der Waals surface area contributed by atoms with Crippen LogP contribution >= 0.6 is 0 Å². The smallest absolute Gasteiger partial charge is 0.00201 e. The van der Waals surface area contributed by atoms with E-state index in [4.69, 9.17) is 5.73 Å². The number of hydrogen-bond acceptors (Lipinski definition) is 1. The fraction of sp³-hybridized carbons (Fsp3) is 0.778. The molecule has 0 aromatic carbocycles. The van der Waals surface area contributed by atoms with Crippen molar-refractivity contribution < 1.29 is 0 Å². The van der Waals surface area contributed by atoms with E-state index in [9.17, 15) is 0 Å². The molecule has 1 atom stereocenters. The predicted molar refractivity (Wildman–Crippen MR) is 44.8 cm³/mol. The quantitative estimate of drug-likeness (QED) is 0.553. The SMILES string of the molecule is CC1=CCC(C)(CN)CC1. The third kappa shape index (κ3) is 1.60. The zero-order valence-electron chi connectivity index (χ0n) is 6.98. The Bertz CT molecular complexity index is 149. The average molecular weight is 139 g/mol. The van der Waals surface area contributed by atoms with E-state index >= 15 is 0 Å². The van der Waals surface area contributed by atoms with Gasteiger partial charge in [-0.05, 0) is 38.1 Å². The van der Waals surface area contributed by atoms with Crippen molar-refractivity contribution in [1.29, 1.82) is 0 Å². The summed E-state index contributed by atoms with van der Waals surface area (Å²) in [6, 6.07) is 0. The molecule has 1 heteroatoms. The van der Waals surface area contributed by atoms with Gasteiger partial charge < -0.3 is 5.73 Å². The second kappa shape index (κ2) is 2.75. The van der Waals surface area contributed by atoms with E-state index in [-0.39, 0.29) is 0 Å². The molecule has 0 aromatic heterocycles. The number of hydrogen-bond donors (Lipinski definition) is 1. The lowest BCUT2D eigenvalue weighted by Gasteiger charge is -2.30. The highest BCUT2D eigenvalue weighted by Gasteiger charge is 2.23. The van der Waals surface area contributed by atoms with Gasteiger partial charge in [0.1, 0.15) is 0 Å². The van der Waals surface area contributed by atoms with Crippen LogP contribution in [0.15, 0.2) is 11.6 Å². The van der Waals surface area contributed by atoms with Crippen LogP contribution < -0.4 is 5.73 Å². The molecule has 0 saturated heterocycles. The summed E-state index contributed by atoms with van der Waals surface area (Å²) in [5.74, 6) is 0. The van der Waals surface area contributed by atoms with Gasteiger partial charge in [0.15, 0.2) is 0 Å². The molecule has 0 amide bonds. The Kier molecular flexibility index (Phi) is 2.14. The molecule has 0 heterocycles. The summed E-state index contributed by atoms with van der Waals surface area (Å²) in [6.45, 7) is 5.31. The molecule has 0 radical (unpaired) electrons. The van der Waals surface area contributed by atoms with E-state index in [1.165, 1.54) is 24.8 Å². The summed E-state index contributed by atoms with van der Waals surface area (Å²) in [7, 11) is 0. The van der Waals surface area contributed by atoms with Crippen molar-refractivity contribution in [1.82, 2.24) is 0 Å². The first-order valence-electron chi connectivity index (χ1n) is 4.02. The molecule has 0 saturated carbocycles. The predicted octanol–water partition coefficient (Wildman–Crippen LogP) is 2.08. The van der Waals surface area contributed by atoms with Gasteiger partial charge in [-0.3, -0.25) is 0 Å². The first-order chi connectivity index (χ1) is 4.66. The molecule has 0 fully saturated rings. The van der Waals surface area contributed by atoms with Gasteiger partial charge in [0, 0.05) is 0 Å². The Morgan fingerprint density at radius 1 is 1.70 bits per heavy atom. The molecule has 1 rings (SSSR count). The molecular weight excluding hydrogens is 122 g/mol. The lowest BCUT2D eigenvalue weighted by Crippen LogP contribution is -2.28. The second-order valence-electron chi connectivity index (χ2n) is 3.77. The van der Waals surface area contributed by atoms with Crippen LogP contribution in [0.25, 0.3) is 0 Å². The van der Waals surface area contributed by atoms with Gasteiger partial charge in [-0.2, -0.15) is 0 Å². The molecule has 0 aliphatic heterocycles. The van der Waals surface area contributed by atoms with Crippen LogP contribution in [0.4, 0.5) is 0 Å². The monoisotopic (exact) mass is 139 g/mol. The molecule has 1 nitrogen and oxygen atoms in total. The summed E-state index contributed by atoms with van der Waals surface area (Å²) >= 11 is 0. The minimum absolute atomic E-state index is 0.402. The molecule has 0 spiro atoms. The highest BCUT2D eigenvalue weighted by Crippen LogP contribution is 2.33. The molecule has 1 aliphatic rings. The van der Waals surface area contributed by atoms with Gasteiger partial charge in [0.2, 0.25) is 0 Å². The average Bonchev–Trinajstić information content (AvgIpc) is 1.96. The Balaban J connectivity index is 2.56. The minimum Gasteiger partial charge on any atom is -0.330 e. The van der Waals surface area contributed by atoms with Crippen LogP contribution in [0, 0.1) is 5.41 Å². The second-order valence-corrected chi connectivity index (χ2v) is 3.77. The van der Waals surface area contributed by atoms with Gasteiger partial charge in [-0.1, -0.05) is 18.6 Å². The summed E-state index contributed by atoms with van der Waals surface area (Å²) < 4.78 is 0. The first kappa shape index (κ1) is 7.80. The van der Waals surface area contributed by atoms with E-state index in [1.807, 2.05) is 0 Å². The van der Waals surface area contributed by atoms with Crippen LogP contribution in [0.5, 0.6) is 0 Å². The van der Waals surface area contributed by atoms with Gasteiger partial charge in [-0.25, -0.2) is 0 Å². The van der Waals surface area contributed by atoms with Crippen molar-refractivity contribution in [3.63, 3.8) is 0 Å². The lowest BCUT2D eigenvalue weighted by atomic mass is 9.77. The van der Waals surface area contributed by atoms with Gasteiger partial charge in [0.25, 0.3) is 0 Å². The highest BCUT2D eigenvalue weighted by molar-refractivity contribution is 5.06. The molecule has 1 aliphatic carbocycles. The normalized spacial score (nSPS) is 33.7. The zero-order chi connectivity index (χ0) is 7.61. The Hall–Kier alpha value is -0.300. The zero-order valence-corrected chi connectivity index (χ0v) is 6.98. The van der Waals surface area contributed by atoms with Crippen LogP contribution in [-0.2, 0) is 0 Å². The fourth-order valence-corrected chi connectivity index (χ4v) is 1.31. The molecule has 0 bridgehead atoms. The highest BCUT2D eigenvalue weighted by atomic mass is 14.6. The van der Waals surface area contributed by atoms with Crippen molar-refractivity contribution in [3.05, 3.63) is 11.6 Å². The third-order valence-corrected chi connectivity index (χ3v) is 2.56. The number of nitrogens with two attached hydrogens (primary N) is 1. The summed E-state index contributed by atoms with van der Waals surface area (Å²) in [5.41, 5.74) is 7.59. The van der Waals surface area contributed by atoms with Crippen LogP contribution in [0.3, 0.4) is 0 Å². The van der Waals surface area contributed by atoms with Crippen LogP contribution in [0.2, 0.25) is 0 Å². The maximum Gasteiger partial charge on any atom is -0.00201 e. The van der Waals surface area contributed by atoms with Gasteiger partial charge >= 0.3 is 0 Å². The molecule has 2 N–H and O–H groups in total. The maximum atomic E-state index is 5.65. The third-order valence-electron chi connectivity index (χ3n) is 2.56. The van der Waals surface area contributed by atoms with E-state index in [0.717, 1.165) is 6.54 Å². The van der Waals surface area contributed by atoms with Crippen molar-refractivity contribution in [3.8, 4) is 0 Å². The van der Waals surface area contributed by atoms with Crippen molar-refractivity contribution in [2.45, 2.75) is 33.1 Å². The molecule has 10 heavy (non-hydrogen) atoms. The van der Waals surface area contributed by atoms with Crippen molar-refractivity contribution >= 4 is 0 Å². The van der Waals surface area contributed by atoms with E-state index in [1.54, 1.807) is 0 Å². The summed E-state index contributed by atoms with van der Waals surface area (Å²) in [4.78, 5) is 0. The molecule has 1 unspecified atom stereocenters.